The highest BCUT2D eigenvalue weighted by Gasteiger charge is 2.22. The van der Waals surface area contributed by atoms with Crippen LogP contribution in [-0.4, -0.2) is 39.0 Å². The number of Topliss-reactive ketones (excluding diaryl/α,β-unsaturated/α-hetero) is 1. The second kappa shape index (κ2) is 5.58. The number of pyridine rings is 1. The lowest BCUT2D eigenvalue weighted by atomic mass is 10.1. The molecule has 88 valence electrons. The summed E-state index contributed by atoms with van der Waals surface area (Å²) in [7, 11) is 0. The number of hydrogen-bond donors (Lipinski definition) is 1. The van der Waals surface area contributed by atoms with Crippen molar-refractivity contribution in [3.63, 3.8) is 0 Å². The number of aliphatic imine (C=N–C) groups is 1. The molecule has 1 aromatic heterocycles. The Labute approximate surface area is 103 Å². The first kappa shape index (κ1) is 11.8. The minimum absolute atomic E-state index is 0.00250. The van der Waals surface area contributed by atoms with E-state index in [9.17, 15) is 4.79 Å². The van der Waals surface area contributed by atoms with E-state index in [1.54, 1.807) is 18.3 Å². The molecule has 0 bridgehead atoms. The molecule has 5 nitrogen and oxygen atoms in total. The van der Waals surface area contributed by atoms with Gasteiger partial charge >= 0.3 is 0 Å². The zero-order valence-corrected chi connectivity index (χ0v) is 9.85. The molecule has 0 radical (unpaired) electrons. The Morgan fingerprint density at radius 1 is 1.53 bits per heavy atom. The van der Waals surface area contributed by atoms with E-state index < -0.39 is 0 Å². The van der Waals surface area contributed by atoms with Crippen LogP contribution in [0.15, 0.2) is 34.7 Å². The summed E-state index contributed by atoms with van der Waals surface area (Å²) in [5.41, 5.74) is 0.400. The van der Waals surface area contributed by atoms with Crippen LogP contribution in [0.5, 0.6) is 0 Å². The third kappa shape index (κ3) is 2.71. The lowest BCUT2D eigenvalue weighted by molar-refractivity contribution is 0.106. The standard InChI is InChI=1S/C11H11N3O2S/c15-10(8-3-1-4-12-7-8)9(14-16)11-13-5-2-6-17-11/h1,3-4,7,16H,2,5-6H2. The van der Waals surface area contributed by atoms with Crippen molar-refractivity contribution in [2.75, 3.05) is 12.3 Å². The minimum Gasteiger partial charge on any atom is -0.410 e. The van der Waals surface area contributed by atoms with Gasteiger partial charge in [0.25, 0.3) is 0 Å². The minimum atomic E-state index is -0.353. The molecule has 2 rings (SSSR count). The number of rotatable bonds is 3. The summed E-state index contributed by atoms with van der Waals surface area (Å²) in [6, 6.07) is 3.30. The third-order valence-electron chi connectivity index (χ3n) is 2.24. The molecule has 6 heteroatoms. The number of aromatic nitrogens is 1. The van der Waals surface area contributed by atoms with E-state index in [2.05, 4.69) is 15.1 Å². The van der Waals surface area contributed by atoms with Crippen LogP contribution in [0, 0.1) is 0 Å². The molecule has 0 amide bonds. The predicted molar refractivity (Wildman–Crippen MR) is 67.2 cm³/mol. The fraction of sp³-hybridized carbons (Fsp3) is 0.273. The lowest BCUT2D eigenvalue weighted by Gasteiger charge is -2.11. The van der Waals surface area contributed by atoms with Crippen molar-refractivity contribution >= 4 is 28.3 Å². The van der Waals surface area contributed by atoms with Crippen LogP contribution >= 0.6 is 11.8 Å². The SMILES string of the molecule is O=C(C(=NO)C1=NCCCS1)c1cccnc1. The van der Waals surface area contributed by atoms with Crippen LogP contribution in [0.1, 0.15) is 16.8 Å². The summed E-state index contributed by atoms with van der Waals surface area (Å²) < 4.78 is 0. The summed E-state index contributed by atoms with van der Waals surface area (Å²) >= 11 is 1.44. The summed E-state index contributed by atoms with van der Waals surface area (Å²) in [6.07, 6.45) is 4.01. The molecule has 17 heavy (non-hydrogen) atoms. The highest BCUT2D eigenvalue weighted by molar-refractivity contribution is 8.16. The number of oxime groups is 1. The molecule has 0 atom stereocenters. The first-order valence-electron chi connectivity index (χ1n) is 5.17. The zero-order chi connectivity index (χ0) is 12.1. The average Bonchev–Trinajstić information content (AvgIpc) is 2.42. The summed E-state index contributed by atoms with van der Waals surface area (Å²) in [6.45, 7) is 0.668. The second-order valence-electron chi connectivity index (χ2n) is 3.41. The smallest absolute Gasteiger partial charge is 0.219 e. The molecule has 2 heterocycles. The number of ketones is 1. The van der Waals surface area contributed by atoms with Gasteiger partial charge in [-0.25, -0.2) is 0 Å². The van der Waals surface area contributed by atoms with Gasteiger partial charge < -0.3 is 5.21 Å². The van der Waals surface area contributed by atoms with Crippen molar-refractivity contribution in [2.24, 2.45) is 10.1 Å². The van der Waals surface area contributed by atoms with Gasteiger partial charge in [0.15, 0.2) is 5.71 Å². The monoisotopic (exact) mass is 249 g/mol. The fourth-order valence-electron chi connectivity index (χ4n) is 1.42. The van der Waals surface area contributed by atoms with Crippen LogP contribution in [0.3, 0.4) is 0 Å². The Hall–Kier alpha value is -1.69. The van der Waals surface area contributed by atoms with Gasteiger partial charge in [-0.3, -0.25) is 14.8 Å². The number of carbonyl (C=O) groups excluding carboxylic acids is 1. The average molecular weight is 249 g/mol. The molecule has 0 unspecified atom stereocenters. The van der Waals surface area contributed by atoms with Gasteiger partial charge in [0, 0.05) is 30.3 Å². The van der Waals surface area contributed by atoms with E-state index >= 15 is 0 Å². The largest absolute Gasteiger partial charge is 0.410 e. The van der Waals surface area contributed by atoms with E-state index in [1.807, 2.05) is 0 Å². The Bertz CT molecular complexity index is 471. The summed E-state index contributed by atoms with van der Waals surface area (Å²) in [4.78, 5) is 20.1. The van der Waals surface area contributed by atoms with Gasteiger partial charge in [0.2, 0.25) is 5.78 Å². The van der Waals surface area contributed by atoms with Gasteiger partial charge in [-0.1, -0.05) is 5.16 Å². The van der Waals surface area contributed by atoms with E-state index in [0.29, 0.717) is 17.2 Å². The molecule has 1 aliphatic rings. The number of hydrogen-bond acceptors (Lipinski definition) is 6. The Kier molecular flexibility index (Phi) is 3.87. The third-order valence-corrected chi connectivity index (χ3v) is 3.33. The van der Waals surface area contributed by atoms with Gasteiger partial charge in [-0.05, 0) is 18.6 Å². The molecule has 0 saturated carbocycles. The zero-order valence-electron chi connectivity index (χ0n) is 9.04. The van der Waals surface area contributed by atoms with Gasteiger partial charge in [-0.2, -0.15) is 0 Å². The topological polar surface area (TPSA) is 74.9 Å². The highest BCUT2D eigenvalue weighted by atomic mass is 32.2. The van der Waals surface area contributed by atoms with E-state index in [-0.39, 0.29) is 11.5 Å². The van der Waals surface area contributed by atoms with Crippen LogP contribution in [0.25, 0.3) is 0 Å². The van der Waals surface area contributed by atoms with Gasteiger partial charge in [-0.15, -0.1) is 11.8 Å². The molecule has 1 N–H and O–H groups in total. The summed E-state index contributed by atoms with van der Waals surface area (Å²) in [5.74, 6) is 0.534. The van der Waals surface area contributed by atoms with Crippen molar-refractivity contribution in [3.05, 3.63) is 30.1 Å². The Morgan fingerprint density at radius 3 is 3.00 bits per heavy atom. The Morgan fingerprint density at radius 2 is 2.41 bits per heavy atom. The molecule has 0 aromatic carbocycles. The maximum Gasteiger partial charge on any atom is 0.219 e. The molecular formula is C11H11N3O2S. The highest BCUT2D eigenvalue weighted by Crippen LogP contribution is 2.15. The van der Waals surface area contributed by atoms with E-state index in [4.69, 9.17) is 5.21 Å². The number of nitrogens with zero attached hydrogens (tertiary/aromatic N) is 3. The number of carbonyl (C=O) groups is 1. The molecule has 1 aromatic rings. The molecule has 0 aliphatic carbocycles. The van der Waals surface area contributed by atoms with E-state index in [0.717, 1.165) is 12.2 Å². The molecule has 0 saturated heterocycles. The maximum atomic E-state index is 12.1. The quantitative estimate of drug-likeness (QED) is 0.382. The van der Waals surface area contributed by atoms with Crippen LogP contribution in [-0.2, 0) is 0 Å². The van der Waals surface area contributed by atoms with Crippen molar-refractivity contribution in [1.29, 1.82) is 0 Å². The van der Waals surface area contributed by atoms with E-state index in [1.165, 1.54) is 18.0 Å². The van der Waals surface area contributed by atoms with Crippen LogP contribution < -0.4 is 0 Å². The molecule has 1 aliphatic heterocycles. The molecule has 0 spiro atoms. The normalized spacial score (nSPS) is 16.5. The number of thioether (sulfide) groups is 1. The fourth-order valence-corrected chi connectivity index (χ4v) is 2.34. The molecular weight excluding hydrogens is 238 g/mol. The van der Waals surface area contributed by atoms with Crippen molar-refractivity contribution in [1.82, 2.24) is 4.98 Å². The van der Waals surface area contributed by atoms with Gasteiger partial charge in [0.1, 0.15) is 5.04 Å². The predicted octanol–water partition coefficient (Wildman–Crippen LogP) is 1.63. The second-order valence-corrected chi connectivity index (χ2v) is 4.49. The van der Waals surface area contributed by atoms with Crippen LogP contribution in [0.4, 0.5) is 0 Å². The Balaban J connectivity index is 2.26. The first-order valence-corrected chi connectivity index (χ1v) is 6.16. The van der Waals surface area contributed by atoms with Crippen molar-refractivity contribution < 1.29 is 10.0 Å². The van der Waals surface area contributed by atoms with Gasteiger partial charge in [0.05, 0.1) is 0 Å². The van der Waals surface area contributed by atoms with Crippen molar-refractivity contribution in [2.45, 2.75) is 6.42 Å². The maximum absolute atomic E-state index is 12.1. The first-order chi connectivity index (χ1) is 8.33. The molecule has 0 fully saturated rings. The van der Waals surface area contributed by atoms with Crippen LogP contribution in [0.2, 0.25) is 0 Å². The summed E-state index contributed by atoms with van der Waals surface area (Å²) in [5, 5.41) is 12.5. The van der Waals surface area contributed by atoms with Crippen molar-refractivity contribution in [3.8, 4) is 0 Å². The lowest BCUT2D eigenvalue weighted by Crippen LogP contribution is -2.24.